The van der Waals surface area contributed by atoms with Gasteiger partial charge in [-0.2, -0.15) is 13.2 Å². The molecule has 8 nitrogen and oxygen atoms in total. The SMILES string of the molecule is Cn1cncc1-c1cc[n+](CCC(=O)O)nc1.O=C(O)C(F)(F)F. The van der Waals surface area contributed by atoms with Gasteiger partial charge < -0.3 is 14.8 Å². The normalized spacial score (nSPS) is 10.7. The summed E-state index contributed by atoms with van der Waals surface area (Å²) in [5, 5.41) is 19.8. The molecular weight excluding hydrogens is 333 g/mol. The summed E-state index contributed by atoms with van der Waals surface area (Å²) in [5.74, 6) is -3.58. The molecule has 0 aromatic carbocycles. The van der Waals surface area contributed by atoms with Crippen LogP contribution in [0.3, 0.4) is 0 Å². The van der Waals surface area contributed by atoms with E-state index >= 15 is 0 Å². The predicted octanol–water partition coefficient (Wildman–Crippen LogP) is 0.878. The molecule has 24 heavy (non-hydrogen) atoms. The number of carbonyl (C=O) groups is 2. The van der Waals surface area contributed by atoms with Gasteiger partial charge in [0.1, 0.15) is 12.6 Å². The molecule has 2 rings (SSSR count). The number of aryl methyl sites for hydroxylation is 2. The van der Waals surface area contributed by atoms with Crippen LogP contribution in [0.15, 0.2) is 31.0 Å². The maximum atomic E-state index is 10.6. The minimum atomic E-state index is -5.08. The molecule has 2 heterocycles. The Morgan fingerprint density at radius 3 is 2.29 bits per heavy atom. The monoisotopic (exact) mass is 347 g/mol. The smallest absolute Gasteiger partial charge is 0.481 e. The van der Waals surface area contributed by atoms with Crippen molar-refractivity contribution in [2.75, 3.05) is 0 Å². The van der Waals surface area contributed by atoms with Crippen LogP contribution < -0.4 is 4.68 Å². The minimum absolute atomic E-state index is 0.0721. The number of aromatic nitrogens is 4. The van der Waals surface area contributed by atoms with Crippen molar-refractivity contribution in [3.8, 4) is 11.3 Å². The second kappa shape index (κ2) is 8.04. The lowest BCUT2D eigenvalue weighted by Crippen LogP contribution is -2.38. The second-order valence-electron chi connectivity index (χ2n) is 4.52. The van der Waals surface area contributed by atoms with Crippen molar-refractivity contribution in [1.82, 2.24) is 14.6 Å². The number of hydrogen-bond donors (Lipinski definition) is 2. The van der Waals surface area contributed by atoms with Crippen molar-refractivity contribution < 1.29 is 37.7 Å². The second-order valence-corrected chi connectivity index (χ2v) is 4.52. The van der Waals surface area contributed by atoms with Gasteiger partial charge in [-0.15, -0.1) is 0 Å². The molecule has 2 aromatic rings. The molecule has 11 heteroatoms. The summed E-state index contributed by atoms with van der Waals surface area (Å²) in [6.07, 6.45) is 1.95. The van der Waals surface area contributed by atoms with Crippen LogP contribution in [0.1, 0.15) is 6.42 Å². The standard InChI is InChI=1S/C11H12N4O2.C2HF3O2/c1-14-8-12-7-10(14)9-2-4-15(13-6-9)5-3-11(16)17;3-2(4,5)1(6)7/h2,4,6-8H,3,5H2,1H3;(H,6,7)/p+1. The maximum Gasteiger partial charge on any atom is 0.490 e. The van der Waals surface area contributed by atoms with E-state index in [2.05, 4.69) is 10.1 Å². The van der Waals surface area contributed by atoms with Crippen LogP contribution in [-0.4, -0.2) is 43.0 Å². The highest BCUT2D eigenvalue weighted by Gasteiger charge is 2.38. The lowest BCUT2D eigenvalue weighted by atomic mass is 10.2. The van der Waals surface area contributed by atoms with Crippen LogP contribution in [0.25, 0.3) is 11.3 Å². The summed E-state index contributed by atoms with van der Waals surface area (Å²) < 4.78 is 35.2. The average Bonchev–Trinajstić information content (AvgIpc) is 2.91. The number of halogens is 3. The molecular formula is C13H14F3N4O4+. The average molecular weight is 347 g/mol. The number of carboxylic acids is 2. The Balaban J connectivity index is 0.000000351. The topological polar surface area (TPSA) is 109 Å². The summed E-state index contributed by atoms with van der Waals surface area (Å²) in [5.41, 5.74) is 1.93. The summed E-state index contributed by atoms with van der Waals surface area (Å²) in [6, 6.07) is 1.89. The van der Waals surface area contributed by atoms with Crippen molar-refractivity contribution >= 4 is 11.9 Å². The summed E-state index contributed by atoms with van der Waals surface area (Å²) in [4.78, 5) is 23.3. The molecule has 0 atom stereocenters. The van der Waals surface area contributed by atoms with E-state index < -0.39 is 18.1 Å². The van der Waals surface area contributed by atoms with E-state index in [9.17, 15) is 18.0 Å². The Morgan fingerprint density at radius 2 is 1.92 bits per heavy atom. The van der Waals surface area contributed by atoms with Crippen molar-refractivity contribution in [3.63, 3.8) is 0 Å². The van der Waals surface area contributed by atoms with E-state index in [-0.39, 0.29) is 6.42 Å². The zero-order valence-electron chi connectivity index (χ0n) is 12.4. The number of rotatable bonds is 4. The number of imidazole rings is 1. The predicted molar refractivity (Wildman–Crippen MR) is 72.6 cm³/mol. The van der Waals surface area contributed by atoms with Gasteiger partial charge in [-0.25, -0.2) is 9.78 Å². The molecule has 0 spiro atoms. The first kappa shape index (κ1) is 19.1. The molecule has 0 unspecified atom stereocenters. The van der Waals surface area contributed by atoms with Crippen LogP contribution in [-0.2, 0) is 23.2 Å². The van der Waals surface area contributed by atoms with E-state index in [1.165, 1.54) is 0 Å². The molecule has 0 saturated heterocycles. The van der Waals surface area contributed by atoms with Gasteiger partial charge >= 0.3 is 18.1 Å². The Labute approximate surface area is 133 Å². The van der Waals surface area contributed by atoms with Crippen molar-refractivity contribution in [2.24, 2.45) is 7.05 Å². The lowest BCUT2D eigenvalue weighted by Gasteiger charge is -1.99. The third-order valence-corrected chi connectivity index (χ3v) is 2.68. The van der Waals surface area contributed by atoms with Gasteiger partial charge in [-0.05, 0) is 5.10 Å². The Morgan fingerprint density at radius 1 is 1.29 bits per heavy atom. The fraction of sp³-hybridized carbons (Fsp3) is 0.308. The Hall–Kier alpha value is -2.98. The van der Waals surface area contributed by atoms with E-state index in [0.29, 0.717) is 6.54 Å². The van der Waals surface area contributed by atoms with E-state index in [1.54, 1.807) is 29.6 Å². The highest BCUT2D eigenvalue weighted by atomic mass is 19.4. The van der Waals surface area contributed by atoms with Crippen molar-refractivity contribution in [1.29, 1.82) is 0 Å². The first-order valence-electron chi connectivity index (χ1n) is 6.45. The highest BCUT2D eigenvalue weighted by Crippen LogP contribution is 2.14. The first-order chi connectivity index (χ1) is 11.1. The van der Waals surface area contributed by atoms with Crippen LogP contribution >= 0.6 is 0 Å². The molecule has 0 bridgehead atoms. The quantitative estimate of drug-likeness (QED) is 0.795. The van der Waals surface area contributed by atoms with Gasteiger partial charge in [0.25, 0.3) is 0 Å². The maximum absolute atomic E-state index is 10.6. The number of carboxylic acid groups (broad SMARTS) is 2. The third kappa shape index (κ3) is 6.02. The number of alkyl halides is 3. The van der Waals surface area contributed by atoms with Crippen LogP contribution in [0.5, 0.6) is 0 Å². The third-order valence-electron chi connectivity index (χ3n) is 2.68. The Kier molecular flexibility index (Phi) is 6.38. The van der Waals surface area contributed by atoms with Gasteiger partial charge in [0.2, 0.25) is 0 Å². The van der Waals surface area contributed by atoms with Gasteiger partial charge in [-0.1, -0.05) is 4.68 Å². The molecule has 2 aromatic heterocycles. The summed E-state index contributed by atoms with van der Waals surface area (Å²) in [7, 11) is 1.91. The molecule has 0 saturated carbocycles. The molecule has 0 aliphatic carbocycles. The lowest BCUT2D eigenvalue weighted by molar-refractivity contribution is -0.752. The molecule has 0 fully saturated rings. The fourth-order valence-corrected chi connectivity index (χ4v) is 1.51. The molecule has 0 aliphatic rings. The van der Waals surface area contributed by atoms with E-state index in [1.807, 2.05) is 17.7 Å². The van der Waals surface area contributed by atoms with Crippen molar-refractivity contribution in [2.45, 2.75) is 19.1 Å². The molecule has 2 N–H and O–H groups in total. The van der Waals surface area contributed by atoms with Gasteiger partial charge in [0, 0.05) is 18.7 Å². The molecule has 0 aliphatic heterocycles. The largest absolute Gasteiger partial charge is 0.490 e. The zero-order chi connectivity index (χ0) is 18.3. The van der Waals surface area contributed by atoms with Gasteiger partial charge in [0.05, 0.1) is 18.2 Å². The number of hydrogen-bond acceptors (Lipinski definition) is 4. The van der Waals surface area contributed by atoms with Crippen LogP contribution in [0.2, 0.25) is 0 Å². The zero-order valence-corrected chi connectivity index (χ0v) is 12.4. The van der Waals surface area contributed by atoms with E-state index in [4.69, 9.17) is 15.0 Å². The summed E-state index contributed by atoms with van der Waals surface area (Å²) in [6.45, 7) is 0.376. The highest BCUT2D eigenvalue weighted by molar-refractivity contribution is 5.73. The molecule has 0 amide bonds. The minimum Gasteiger partial charge on any atom is -0.481 e. The van der Waals surface area contributed by atoms with Gasteiger partial charge in [0.15, 0.2) is 12.7 Å². The fourth-order valence-electron chi connectivity index (χ4n) is 1.51. The van der Waals surface area contributed by atoms with Crippen LogP contribution in [0.4, 0.5) is 13.2 Å². The summed E-state index contributed by atoms with van der Waals surface area (Å²) >= 11 is 0. The molecule has 0 radical (unpaired) electrons. The Bertz CT molecular complexity index is 698. The van der Waals surface area contributed by atoms with E-state index in [0.717, 1.165) is 11.3 Å². The molecule has 130 valence electrons. The first-order valence-corrected chi connectivity index (χ1v) is 6.45. The van der Waals surface area contributed by atoms with Crippen molar-refractivity contribution in [3.05, 3.63) is 31.0 Å². The van der Waals surface area contributed by atoms with Crippen LogP contribution in [0, 0.1) is 0 Å². The number of aliphatic carboxylic acids is 2. The number of nitrogens with zero attached hydrogens (tertiary/aromatic N) is 4. The van der Waals surface area contributed by atoms with Gasteiger partial charge in [-0.3, -0.25) is 4.79 Å².